The molecule has 3 rings (SSSR count). The summed E-state index contributed by atoms with van der Waals surface area (Å²) in [5.74, 6) is 0. The lowest BCUT2D eigenvalue weighted by Gasteiger charge is -1.99. The Labute approximate surface area is 118 Å². The highest BCUT2D eigenvalue weighted by Crippen LogP contribution is 2.31. The van der Waals surface area contributed by atoms with E-state index >= 15 is 0 Å². The Bertz CT molecular complexity index is 721. The zero-order valence-corrected chi connectivity index (χ0v) is 11.2. The van der Waals surface area contributed by atoms with E-state index in [2.05, 4.69) is 4.98 Å². The van der Waals surface area contributed by atoms with Gasteiger partial charge < -0.3 is 4.42 Å². The van der Waals surface area contributed by atoms with Crippen LogP contribution in [0.15, 0.2) is 57.0 Å². The van der Waals surface area contributed by atoms with Gasteiger partial charge in [0.1, 0.15) is 5.52 Å². The summed E-state index contributed by atoms with van der Waals surface area (Å²) < 4.78 is 5.61. The average Bonchev–Trinajstić information content (AvgIpc) is 2.81. The van der Waals surface area contributed by atoms with E-state index in [4.69, 9.17) is 16.0 Å². The summed E-state index contributed by atoms with van der Waals surface area (Å²) in [4.78, 5) is 15.9. The Morgan fingerprint density at radius 1 is 1.21 bits per heavy atom. The van der Waals surface area contributed by atoms with Crippen LogP contribution in [0, 0.1) is 0 Å². The fraction of sp³-hybridized carbons (Fsp3) is 0. The summed E-state index contributed by atoms with van der Waals surface area (Å²) in [6.45, 7) is 0. The second-order valence-electron chi connectivity index (χ2n) is 3.85. The van der Waals surface area contributed by atoms with Gasteiger partial charge in [-0.15, -0.1) is 0 Å². The molecular weight excluding hydrogens is 282 g/mol. The van der Waals surface area contributed by atoms with E-state index in [9.17, 15) is 4.79 Å². The van der Waals surface area contributed by atoms with Crippen LogP contribution in [-0.2, 0) is 0 Å². The smallest absolute Gasteiger partial charge is 0.261 e. The molecular formula is C14H8ClNO2S. The molecule has 1 aromatic heterocycles. The van der Waals surface area contributed by atoms with Gasteiger partial charge in [0, 0.05) is 10.5 Å². The highest BCUT2D eigenvalue weighted by molar-refractivity contribution is 7.99. The van der Waals surface area contributed by atoms with Gasteiger partial charge in [0.2, 0.25) is 0 Å². The molecule has 0 aliphatic rings. The molecule has 19 heavy (non-hydrogen) atoms. The summed E-state index contributed by atoms with van der Waals surface area (Å²) in [5.41, 5.74) is 2.05. The van der Waals surface area contributed by atoms with Crippen molar-refractivity contribution in [2.24, 2.45) is 0 Å². The Hall–Kier alpha value is -1.78. The molecule has 94 valence electrons. The maximum atomic E-state index is 10.7. The van der Waals surface area contributed by atoms with Crippen molar-refractivity contribution in [3.8, 4) is 0 Å². The first-order valence-electron chi connectivity index (χ1n) is 5.54. The summed E-state index contributed by atoms with van der Waals surface area (Å²) in [7, 11) is 0. The van der Waals surface area contributed by atoms with E-state index in [-0.39, 0.29) is 0 Å². The minimum Gasteiger partial charge on any atom is -0.431 e. The predicted molar refractivity (Wildman–Crippen MR) is 75.0 cm³/mol. The molecule has 0 N–H and O–H groups in total. The quantitative estimate of drug-likeness (QED) is 0.668. The number of hydrogen-bond donors (Lipinski definition) is 0. The van der Waals surface area contributed by atoms with Crippen molar-refractivity contribution in [2.75, 3.05) is 0 Å². The van der Waals surface area contributed by atoms with Gasteiger partial charge >= 0.3 is 0 Å². The highest BCUT2D eigenvalue weighted by atomic mass is 35.5. The fourth-order valence-electron chi connectivity index (χ4n) is 1.66. The number of para-hydroxylation sites is 2. The number of carbonyl (C=O) groups is 1. The molecule has 0 aliphatic carbocycles. The van der Waals surface area contributed by atoms with Gasteiger partial charge in [0.05, 0.1) is 5.02 Å². The number of benzene rings is 2. The number of hydrogen-bond acceptors (Lipinski definition) is 4. The van der Waals surface area contributed by atoms with Crippen LogP contribution < -0.4 is 0 Å². The molecule has 0 amide bonds. The number of aromatic nitrogens is 1. The first-order valence-corrected chi connectivity index (χ1v) is 6.74. The van der Waals surface area contributed by atoms with Crippen LogP contribution in [0.5, 0.6) is 0 Å². The molecule has 0 saturated carbocycles. The van der Waals surface area contributed by atoms with Gasteiger partial charge in [-0.2, -0.15) is 0 Å². The van der Waals surface area contributed by atoms with E-state index in [1.165, 1.54) is 11.8 Å². The lowest BCUT2D eigenvalue weighted by molar-refractivity contribution is 0.112. The van der Waals surface area contributed by atoms with Crippen LogP contribution >= 0.6 is 23.4 Å². The monoisotopic (exact) mass is 289 g/mol. The lowest BCUT2D eigenvalue weighted by atomic mass is 10.2. The van der Waals surface area contributed by atoms with Crippen LogP contribution in [0.4, 0.5) is 0 Å². The number of aldehydes is 1. The summed E-state index contributed by atoms with van der Waals surface area (Å²) in [6.07, 6.45) is 0.732. The third-order valence-electron chi connectivity index (χ3n) is 2.58. The Morgan fingerprint density at radius 2 is 2.05 bits per heavy atom. The molecule has 2 aromatic carbocycles. The van der Waals surface area contributed by atoms with Crippen molar-refractivity contribution in [1.82, 2.24) is 4.98 Å². The van der Waals surface area contributed by atoms with Gasteiger partial charge in [0.25, 0.3) is 5.22 Å². The number of halogens is 1. The molecule has 0 atom stereocenters. The van der Waals surface area contributed by atoms with E-state index in [0.29, 0.717) is 15.8 Å². The SMILES string of the molecule is O=Cc1ccc(Sc2nc3ccccc3o2)cc1Cl. The van der Waals surface area contributed by atoms with Crippen LogP contribution in [0.25, 0.3) is 11.1 Å². The van der Waals surface area contributed by atoms with Crippen molar-refractivity contribution in [3.05, 3.63) is 53.1 Å². The maximum Gasteiger partial charge on any atom is 0.261 e. The van der Waals surface area contributed by atoms with Crippen molar-refractivity contribution in [2.45, 2.75) is 10.1 Å². The molecule has 3 nitrogen and oxygen atoms in total. The zero-order valence-electron chi connectivity index (χ0n) is 9.67. The van der Waals surface area contributed by atoms with Crippen molar-refractivity contribution in [3.63, 3.8) is 0 Å². The third kappa shape index (κ3) is 2.50. The van der Waals surface area contributed by atoms with Gasteiger partial charge in [-0.25, -0.2) is 4.98 Å². The van der Waals surface area contributed by atoms with Gasteiger partial charge in [-0.05, 0) is 42.1 Å². The first-order chi connectivity index (χ1) is 9.26. The fourth-order valence-corrected chi connectivity index (χ4v) is 2.74. The topological polar surface area (TPSA) is 43.1 Å². The van der Waals surface area contributed by atoms with E-state index in [1.54, 1.807) is 12.1 Å². The summed E-state index contributed by atoms with van der Waals surface area (Å²) in [5, 5.41) is 0.979. The van der Waals surface area contributed by atoms with Gasteiger partial charge in [-0.3, -0.25) is 4.79 Å². The summed E-state index contributed by atoms with van der Waals surface area (Å²) in [6, 6.07) is 12.8. The molecule has 0 radical (unpaired) electrons. The molecule has 0 unspecified atom stereocenters. The minimum atomic E-state index is 0.427. The Kier molecular flexibility index (Phi) is 3.27. The van der Waals surface area contributed by atoms with Gasteiger partial charge in [0.15, 0.2) is 11.9 Å². The van der Waals surface area contributed by atoms with E-state index in [0.717, 1.165) is 22.3 Å². The molecule has 0 fully saturated rings. The largest absolute Gasteiger partial charge is 0.431 e. The first kappa shape index (κ1) is 12.3. The second kappa shape index (κ2) is 5.07. The van der Waals surface area contributed by atoms with Crippen LogP contribution in [-0.4, -0.2) is 11.3 Å². The Balaban J connectivity index is 1.92. The standard InChI is InChI=1S/C14H8ClNO2S/c15-11-7-10(6-5-9(11)8-17)19-14-16-12-3-1-2-4-13(12)18-14/h1-8H. The molecule has 5 heteroatoms. The third-order valence-corrected chi connectivity index (χ3v) is 3.74. The number of rotatable bonds is 3. The zero-order chi connectivity index (χ0) is 13.2. The molecule has 0 saturated heterocycles. The van der Waals surface area contributed by atoms with Gasteiger partial charge in [-0.1, -0.05) is 23.7 Å². The molecule has 1 heterocycles. The number of nitrogens with zero attached hydrogens (tertiary/aromatic N) is 1. The number of oxazole rings is 1. The average molecular weight is 290 g/mol. The predicted octanol–water partition coefficient (Wildman–Crippen LogP) is 4.44. The summed E-state index contributed by atoms with van der Waals surface area (Å²) >= 11 is 7.35. The normalized spacial score (nSPS) is 10.8. The molecule has 0 spiro atoms. The highest BCUT2D eigenvalue weighted by Gasteiger charge is 2.08. The minimum absolute atomic E-state index is 0.427. The lowest BCUT2D eigenvalue weighted by Crippen LogP contribution is -1.82. The molecule has 0 bridgehead atoms. The van der Waals surface area contributed by atoms with Crippen LogP contribution in [0.3, 0.4) is 0 Å². The Morgan fingerprint density at radius 3 is 2.79 bits per heavy atom. The van der Waals surface area contributed by atoms with Crippen molar-refractivity contribution >= 4 is 40.7 Å². The van der Waals surface area contributed by atoms with E-state index in [1.807, 2.05) is 30.3 Å². The van der Waals surface area contributed by atoms with Crippen LogP contribution in [0.1, 0.15) is 10.4 Å². The number of fused-ring (bicyclic) bond motifs is 1. The second-order valence-corrected chi connectivity index (χ2v) is 5.28. The van der Waals surface area contributed by atoms with Crippen molar-refractivity contribution < 1.29 is 9.21 Å². The molecule has 3 aromatic rings. The number of carbonyl (C=O) groups excluding carboxylic acids is 1. The van der Waals surface area contributed by atoms with Crippen LogP contribution in [0.2, 0.25) is 5.02 Å². The maximum absolute atomic E-state index is 10.7. The molecule has 0 aliphatic heterocycles. The van der Waals surface area contributed by atoms with Crippen molar-refractivity contribution in [1.29, 1.82) is 0 Å². The van der Waals surface area contributed by atoms with E-state index < -0.39 is 0 Å².